The van der Waals surface area contributed by atoms with Crippen LogP contribution in [0.15, 0.2) is 95.9 Å². The van der Waals surface area contributed by atoms with E-state index in [2.05, 4.69) is 5.32 Å². The van der Waals surface area contributed by atoms with E-state index in [1.165, 1.54) is 37.3 Å². The highest BCUT2D eigenvalue weighted by Crippen LogP contribution is 2.33. The molecule has 0 aliphatic carbocycles. The quantitative estimate of drug-likeness (QED) is 0.156. The van der Waals surface area contributed by atoms with Crippen LogP contribution in [0.1, 0.15) is 35.6 Å². The van der Waals surface area contributed by atoms with Gasteiger partial charge in [-0.05, 0) is 72.9 Å². The third kappa shape index (κ3) is 8.87. The number of carbonyl (C=O) groups excluding carboxylic acids is 2. The maximum Gasteiger partial charge on any atom is 0.264 e. The molecule has 0 saturated carbocycles. The molecular formula is C37H42ClN3O6S. The Morgan fingerprint density at radius 2 is 1.50 bits per heavy atom. The normalized spacial score (nSPS) is 11.8. The minimum absolute atomic E-state index is 0.0212. The molecule has 48 heavy (non-hydrogen) atoms. The number of hydrogen-bond acceptors (Lipinski definition) is 6. The van der Waals surface area contributed by atoms with Crippen molar-refractivity contribution in [2.24, 2.45) is 0 Å². The van der Waals surface area contributed by atoms with Gasteiger partial charge in [-0.1, -0.05) is 73.1 Å². The fourth-order valence-electron chi connectivity index (χ4n) is 5.46. The second-order valence-electron chi connectivity index (χ2n) is 11.5. The van der Waals surface area contributed by atoms with Gasteiger partial charge >= 0.3 is 0 Å². The second kappa shape index (κ2) is 16.5. The van der Waals surface area contributed by atoms with Crippen molar-refractivity contribution in [3.63, 3.8) is 0 Å². The van der Waals surface area contributed by atoms with Crippen molar-refractivity contribution in [1.82, 2.24) is 10.2 Å². The molecule has 0 aliphatic rings. The summed E-state index contributed by atoms with van der Waals surface area (Å²) in [6.45, 7) is 5.47. The van der Waals surface area contributed by atoms with Crippen LogP contribution < -0.4 is 19.1 Å². The molecule has 1 atom stereocenters. The molecule has 0 unspecified atom stereocenters. The molecule has 0 bridgehead atoms. The number of carbonyl (C=O) groups is 2. The van der Waals surface area contributed by atoms with Crippen LogP contribution in [-0.4, -0.2) is 58.5 Å². The maximum absolute atomic E-state index is 14.7. The summed E-state index contributed by atoms with van der Waals surface area (Å²) >= 11 is 6.58. The van der Waals surface area contributed by atoms with E-state index >= 15 is 0 Å². The molecule has 0 radical (unpaired) electrons. The zero-order chi connectivity index (χ0) is 34.8. The number of amides is 2. The first-order chi connectivity index (χ1) is 23.0. The van der Waals surface area contributed by atoms with Crippen molar-refractivity contribution in [3.05, 3.63) is 118 Å². The number of nitrogens with one attached hydrogen (secondary N) is 1. The van der Waals surface area contributed by atoms with E-state index < -0.39 is 28.5 Å². The summed E-state index contributed by atoms with van der Waals surface area (Å²) in [6, 6.07) is 25.2. The molecule has 9 nitrogen and oxygen atoms in total. The number of ether oxygens (including phenoxy) is 2. The molecule has 0 heterocycles. The summed E-state index contributed by atoms with van der Waals surface area (Å²) in [6.07, 6.45) is 0.908. The predicted molar refractivity (Wildman–Crippen MR) is 189 cm³/mol. The first kappa shape index (κ1) is 36.3. The van der Waals surface area contributed by atoms with Gasteiger partial charge in [-0.25, -0.2) is 8.42 Å². The SMILES string of the molecule is CCCNC(=O)[C@H](Cc1ccccc1)N(Cc1ccccc1Cl)C(=O)CN(c1cc(C)cc(C)c1)S(=O)(=O)c1ccc(OC)c(OC)c1. The number of halogens is 1. The lowest BCUT2D eigenvalue weighted by atomic mass is 10.0. The highest BCUT2D eigenvalue weighted by atomic mass is 35.5. The Balaban J connectivity index is 1.85. The number of rotatable bonds is 15. The first-order valence-electron chi connectivity index (χ1n) is 15.7. The number of hydrogen-bond donors (Lipinski definition) is 1. The summed E-state index contributed by atoms with van der Waals surface area (Å²) in [5.74, 6) is -0.341. The molecule has 0 aliphatic heterocycles. The second-order valence-corrected chi connectivity index (χ2v) is 13.8. The van der Waals surface area contributed by atoms with Gasteiger partial charge in [0.25, 0.3) is 10.0 Å². The van der Waals surface area contributed by atoms with Gasteiger partial charge in [0.1, 0.15) is 12.6 Å². The van der Waals surface area contributed by atoms with Crippen LogP contribution in [0.5, 0.6) is 11.5 Å². The van der Waals surface area contributed by atoms with Gasteiger partial charge in [-0.2, -0.15) is 0 Å². The van der Waals surface area contributed by atoms with Gasteiger partial charge in [-0.3, -0.25) is 13.9 Å². The number of aryl methyl sites for hydroxylation is 2. The highest BCUT2D eigenvalue weighted by Gasteiger charge is 2.35. The molecule has 0 saturated heterocycles. The molecule has 2 amide bonds. The minimum atomic E-state index is -4.35. The van der Waals surface area contributed by atoms with E-state index in [4.69, 9.17) is 21.1 Å². The van der Waals surface area contributed by atoms with Crippen LogP contribution in [0.3, 0.4) is 0 Å². The Bertz CT molecular complexity index is 1810. The topological polar surface area (TPSA) is 105 Å². The number of nitrogens with zero attached hydrogens (tertiary/aromatic N) is 2. The maximum atomic E-state index is 14.7. The van der Waals surface area contributed by atoms with Gasteiger partial charge < -0.3 is 19.7 Å². The van der Waals surface area contributed by atoms with Crippen molar-refractivity contribution in [3.8, 4) is 11.5 Å². The summed E-state index contributed by atoms with van der Waals surface area (Å²) < 4.78 is 40.8. The molecule has 1 N–H and O–H groups in total. The van der Waals surface area contributed by atoms with Crippen LogP contribution in [-0.2, 0) is 32.6 Å². The Hall–Kier alpha value is -4.54. The zero-order valence-corrected chi connectivity index (χ0v) is 29.5. The molecule has 254 valence electrons. The standard InChI is InChI=1S/C37H42ClN3O6S/c1-6-18-39-37(43)33(22-28-12-8-7-9-13-28)40(24-29-14-10-11-15-32(29)38)36(42)25-41(30-20-26(2)19-27(3)21-30)48(44,45)31-16-17-34(46-4)35(23-31)47-5/h7-17,19-21,23,33H,6,18,22,24-25H2,1-5H3,(H,39,43)/t33-/m0/s1. The van der Waals surface area contributed by atoms with Crippen molar-refractivity contribution < 1.29 is 27.5 Å². The third-order valence-electron chi connectivity index (χ3n) is 7.84. The van der Waals surface area contributed by atoms with Crippen molar-refractivity contribution >= 4 is 39.1 Å². The van der Waals surface area contributed by atoms with Crippen LogP contribution in [0.2, 0.25) is 5.02 Å². The van der Waals surface area contributed by atoms with E-state index in [0.717, 1.165) is 21.0 Å². The molecule has 4 rings (SSSR count). The summed E-state index contributed by atoms with van der Waals surface area (Å²) in [5.41, 5.74) is 3.41. The van der Waals surface area contributed by atoms with Gasteiger partial charge in [0.2, 0.25) is 11.8 Å². The number of anilines is 1. The molecule has 4 aromatic carbocycles. The summed E-state index contributed by atoms with van der Waals surface area (Å²) in [7, 11) is -1.47. The lowest BCUT2D eigenvalue weighted by Gasteiger charge is -2.34. The Morgan fingerprint density at radius 1 is 0.854 bits per heavy atom. The van der Waals surface area contributed by atoms with Crippen LogP contribution in [0.25, 0.3) is 0 Å². The zero-order valence-electron chi connectivity index (χ0n) is 27.9. The summed E-state index contributed by atoms with van der Waals surface area (Å²) in [5, 5.41) is 3.37. The Labute approximate surface area is 288 Å². The third-order valence-corrected chi connectivity index (χ3v) is 9.97. The Morgan fingerprint density at radius 3 is 2.12 bits per heavy atom. The fraction of sp³-hybridized carbons (Fsp3) is 0.297. The molecular weight excluding hydrogens is 650 g/mol. The van der Waals surface area contributed by atoms with E-state index in [0.29, 0.717) is 35.0 Å². The fourth-order valence-corrected chi connectivity index (χ4v) is 7.07. The van der Waals surface area contributed by atoms with Gasteiger partial charge in [0.05, 0.1) is 24.8 Å². The average Bonchev–Trinajstić information content (AvgIpc) is 3.07. The minimum Gasteiger partial charge on any atom is -0.493 e. The van der Waals surface area contributed by atoms with E-state index in [1.807, 2.05) is 57.2 Å². The smallest absolute Gasteiger partial charge is 0.264 e. The van der Waals surface area contributed by atoms with E-state index in [1.54, 1.807) is 36.4 Å². The number of benzene rings is 4. The van der Waals surface area contributed by atoms with Gasteiger partial charge in [0, 0.05) is 30.6 Å². The molecule has 0 fully saturated rings. The van der Waals surface area contributed by atoms with Crippen molar-refractivity contribution in [2.45, 2.75) is 51.1 Å². The van der Waals surface area contributed by atoms with Crippen LogP contribution in [0.4, 0.5) is 5.69 Å². The Kier molecular flexibility index (Phi) is 12.5. The van der Waals surface area contributed by atoms with Crippen LogP contribution >= 0.6 is 11.6 Å². The predicted octanol–water partition coefficient (Wildman–Crippen LogP) is 6.34. The molecule has 0 aromatic heterocycles. The largest absolute Gasteiger partial charge is 0.493 e. The van der Waals surface area contributed by atoms with E-state index in [9.17, 15) is 18.0 Å². The molecule has 0 spiro atoms. The summed E-state index contributed by atoms with van der Waals surface area (Å²) in [4.78, 5) is 29.8. The number of sulfonamides is 1. The highest BCUT2D eigenvalue weighted by molar-refractivity contribution is 7.92. The lowest BCUT2D eigenvalue weighted by Crippen LogP contribution is -2.53. The van der Waals surface area contributed by atoms with Crippen molar-refractivity contribution in [1.29, 1.82) is 0 Å². The van der Waals surface area contributed by atoms with Crippen LogP contribution in [0, 0.1) is 13.8 Å². The van der Waals surface area contributed by atoms with Crippen molar-refractivity contribution in [2.75, 3.05) is 31.6 Å². The molecule has 4 aromatic rings. The number of methoxy groups -OCH3 is 2. The van der Waals surface area contributed by atoms with Gasteiger partial charge in [0.15, 0.2) is 11.5 Å². The van der Waals surface area contributed by atoms with E-state index in [-0.39, 0.29) is 29.5 Å². The lowest BCUT2D eigenvalue weighted by molar-refractivity contribution is -0.140. The average molecular weight is 692 g/mol. The van der Waals surface area contributed by atoms with Gasteiger partial charge in [-0.15, -0.1) is 0 Å². The molecule has 11 heteroatoms. The first-order valence-corrected chi connectivity index (χ1v) is 17.5. The monoisotopic (exact) mass is 691 g/mol.